The first-order valence-electron chi connectivity index (χ1n) is 5.44. The Hall–Kier alpha value is 0.594. The van der Waals surface area contributed by atoms with Crippen molar-refractivity contribution in [3.05, 3.63) is 0 Å². The monoisotopic (exact) mass is 239 g/mol. The summed E-state index contributed by atoms with van der Waals surface area (Å²) in [6.45, 7) is 7.86. The summed E-state index contributed by atoms with van der Waals surface area (Å²) in [7, 11) is 3.56. The molecule has 4 heteroatoms. The molecule has 3 nitrogen and oxygen atoms in total. The van der Waals surface area contributed by atoms with Crippen LogP contribution in [0.3, 0.4) is 0 Å². The summed E-state index contributed by atoms with van der Waals surface area (Å²) >= 11 is -2.31. The maximum atomic E-state index is 5.48. The van der Waals surface area contributed by atoms with Crippen LogP contribution < -0.4 is 0 Å². The molecule has 0 radical (unpaired) electrons. The van der Waals surface area contributed by atoms with Crippen molar-refractivity contribution in [3.8, 4) is 0 Å². The molecule has 0 N–H and O–H groups in total. The molecular formula is C10H25NO2Ti. The molecule has 0 aliphatic heterocycles. The Balaban J connectivity index is 3.70. The number of nitrogens with zero attached hydrogens (tertiary/aromatic N) is 1. The minimum absolute atomic E-state index is 1.13. The van der Waals surface area contributed by atoms with E-state index in [4.69, 9.17) is 6.64 Å². The van der Waals surface area contributed by atoms with Gasteiger partial charge in [0.25, 0.3) is 0 Å². The van der Waals surface area contributed by atoms with Crippen LogP contribution in [0, 0.1) is 0 Å². The number of hydrogen-bond acceptors (Lipinski definition) is 3. The van der Waals surface area contributed by atoms with Crippen molar-refractivity contribution < 1.29 is 24.0 Å². The summed E-state index contributed by atoms with van der Waals surface area (Å²) in [5.74, 6) is 0. The molecule has 0 saturated carbocycles. The van der Waals surface area contributed by atoms with Crippen LogP contribution in [0.1, 0.15) is 20.3 Å². The second kappa shape index (κ2) is 7.83. The Labute approximate surface area is 93.1 Å². The van der Waals surface area contributed by atoms with Crippen molar-refractivity contribution in [2.75, 3.05) is 33.9 Å². The molecule has 0 aromatic carbocycles. The molecule has 0 saturated heterocycles. The summed E-state index contributed by atoms with van der Waals surface area (Å²) < 4.78 is 12.1. The summed E-state index contributed by atoms with van der Waals surface area (Å²) in [6.07, 6.45) is 1.19. The molecule has 0 bridgehead atoms. The zero-order chi connectivity index (χ0) is 11.0. The molecule has 0 aromatic rings. The van der Waals surface area contributed by atoms with E-state index in [0.29, 0.717) is 0 Å². The van der Waals surface area contributed by atoms with Crippen LogP contribution in [0.25, 0.3) is 0 Å². The molecule has 0 spiro atoms. The fourth-order valence-electron chi connectivity index (χ4n) is 1.45. The van der Waals surface area contributed by atoms with Gasteiger partial charge in [-0.15, -0.1) is 0 Å². The number of rotatable bonds is 8. The van der Waals surface area contributed by atoms with E-state index in [-0.39, 0.29) is 0 Å². The molecule has 0 heterocycles. The van der Waals surface area contributed by atoms with Crippen molar-refractivity contribution in [1.82, 2.24) is 4.90 Å². The van der Waals surface area contributed by atoms with Gasteiger partial charge in [0, 0.05) is 0 Å². The van der Waals surface area contributed by atoms with Gasteiger partial charge in [0.2, 0.25) is 0 Å². The Morgan fingerprint density at radius 3 is 1.93 bits per heavy atom. The molecule has 0 aliphatic carbocycles. The van der Waals surface area contributed by atoms with E-state index in [1.165, 1.54) is 13.0 Å². The molecular weight excluding hydrogens is 214 g/mol. The molecule has 0 amide bonds. The van der Waals surface area contributed by atoms with E-state index in [9.17, 15) is 0 Å². The van der Waals surface area contributed by atoms with Crippen LogP contribution in [0.4, 0.5) is 0 Å². The third-order valence-electron chi connectivity index (χ3n) is 2.86. The summed E-state index contributed by atoms with van der Waals surface area (Å²) in [5.41, 5.74) is 0. The quantitative estimate of drug-likeness (QED) is 0.607. The van der Waals surface area contributed by atoms with Crippen LogP contribution in [-0.2, 0) is 24.0 Å². The van der Waals surface area contributed by atoms with Gasteiger partial charge in [-0.25, -0.2) is 0 Å². The second-order valence-electron chi connectivity index (χ2n) is 3.67. The van der Waals surface area contributed by atoms with Crippen molar-refractivity contribution in [1.29, 1.82) is 0 Å². The first-order chi connectivity index (χ1) is 6.61. The van der Waals surface area contributed by atoms with Gasteiger partial charge >= 0.3 is 93.0 Å². The molecule has 0 unspecified atom stereocenters. The van der Waals surface area contributed by atoms with E-state index in [1.807, 2.05) is 0 Å². The minimum atomic E-state index is -2.31. The summed E-state index contributed by atoms with van der Waals surface area (Å²) in [5, 5.41) is 2.17. The van der Waals surface area contributed by atoms with Gasteiger partial charge in [0.1, 0.15) is 0 Å². The van der Waals surface area contributed by atoms with E-state index in [1.54, 1.807) is 14.2 Å². The van der Waals surface area contributed by atoms with Gasteiger partial charge in [-0.1, -0.05) is 0 Å². The van der Waals surface area contributed by atoms with E-state index in [2.05, 4.69) is 24.0 Å². The molecule has 0 aromatic heterocycles. The van der Waals surface area contributed by atoms with Crippen molar-refractivity contribution in [3.63, 3.8) is 0 Å². The predicted octanol–water partition coefficient (Wildman–Crippen LogP) is 2.46. The van der Waals surface area contributed by atoms with Gasteiger partial charge in [-0.05, 0) is 0 Å². The Bertz CT molecular complexity index is 136. The maximum absolute atomic E-state index is 5.48. The van der Waals surface area contributed by atoms with Crippen molar-refractivity contribution in [2.24, 2.45) is 0 Å². The zero-order valence-electron chi connectivity index (χ0n) is 10.3. The predicted molar refractivity (Wildman–Crippen MR) is 57.1 cm³/mol. The van der Waals surface area contributed by atoms with Crippen molar-refractivity contribution >= 4 is 0 Å². The SMILES string of the molecule is CCN(CC)CC[CH2][Ti]([CH3])([O]C)[O]C. The van der Waals surface area contributed by atoms with Gasteiger partial charge in [-0.2, -0.15) is 0 Å². The van der Waals surface area contributed by atoms with E-state index >= 15 is 0 Å². The number of hydrogen-bond donors (Lipinski definition) is 0. The Morgan fingerprint density at radius 2 is 1.57 bits per heavy atom. The fourth-order valence-corrected chi connectivity index (χ4v) is 3.60. The van der Waals surface area contributed by atoms with Crippen LogP contribution in [0.15, 0.2) is 0 Å². The summed E-state index contributed by atoms with van der Waals surface area (Å²) in [6, 6.07) is 0. The fraction of sp³-hybridized carbons (Fsp3) is 1.00. The van der Waals surface area contributed by atoms with E-state index in [0.717, 1.165) is 17.8 Å². The molecule has 86 valence electrons. The van der Waals surface area contributed by atoms with Gasteiger partial charge in [-0.3, -0.25) is 0 Å². The molecule has 0 atom stereocenters. The normalized spacial score (nSPS) is 12.4. The van der Waals surface area contributed by atoms with Gasteiger partial charge in [0.05, 0.1) is 0 Å². The van der Waals surface area contributed by atoms with Gasteiger partial charge in [0.15, 0.2) is 0 Å². The van der Waals surface area contributed by atoms with Gasteiger partial charge < -0.3 is 0 Å². The molecule has 0 rings (SSSR count). The van der Waals surface area contributed by atoms with Crippen molar-refractivity contribution in [2.45, 2.75) is 30.2 Å². The third kappa shape index (κ3) is 5.47. The van der Waals surface area contributed by atoms with E-state index < -0.39 is 17.4 Å². The molecule has 0 fully saturated rings. The molecule has 0 aliphatic rings. The topological polar surface area (TPSA) is 21.7 Å². The zero-order valence-corrected chi connectivity index (χ0v) is 11.9. The first kappa shape index (κ1) is 14.6. The third-order valence-corrected chi connectivity index (χ3v) is 7.53. The van der Waals surface area contributed by atoms with Crippen LogP contribution >= 0.6 is 0 Å². The Kier molecular flexibility index (Phi) is 8.16. The Morgan fingerprint density at radius 1 is 1.07 bits per heavy atom. The van der Waals surface area contributed by atoms with Crippen LogP contribution in [0.5, 0.6) is 0 Å². The second-order valence-corrected chi connectivity index (χ2v) is 9.27. The average molecular weight is 239 g/mol. The average Bonchev–Trinajstić information content (AvgIpc) is 2.24. The standard InChI is InChI=1S/C7H16N.2CH3O.CH3.Ti/c1-4-7-8(5-2)6-3;2*1-2;;/h1,4-7H2,2-3H3;2*1H3;1H3;/q;2*-1;;+2. The summed E-state index contributed by atoms with van der Waals surface area (Å²) in [4.78, 5) is 2.44. The van der Waals surface area contributed by atoms with Crippen LogP contribution in [-0.4, -0.2) is 38.8 Å². The molecule has 14 heavy (non-hydrogen) atoms. The van der Waals surface area contributed by atoms with Crippen LogP contribution in [0.2, 0.25) is 9.95 Å². The first-order valence-corrected chi connectivity index (χ1v) is 9.38.